The minimum Gasteiger partial charge on any atom is -0.449 e. The lowest BCUT2D eigenvalue weighted by Crippen LogP contribution is -2.46. The maximum Gasteiger partial charge on any atom is 0.573 e. The first-order chi connectivity index (χ1) is 18.7. The number of carboxylic acid groups (broad SMARTS) is 1. The number of piperidine rings is 1. The summed E-state index contributed by atoms with van der Waals surface area (Å²) in [5.41, 5.74) is 1.16. The number of ether oxygens (including phenoxy) is 3. The van der Waals surface area contributed by atoms with Crippen LogP contribution >= 0.6 is 0 Å². The lowest BCUT2D eigenvalue weighted by atomic mass is 9.99. The van der Waals surface area contributed by atoms with E-state index in [9.17, 15) is 18.0 Å². The summed E-state index contributed by atoms with van der Waals surface area (Å²) in [6.07, 6.45) is 1.68. The quantitative estimate of drug-likeness (QED) is 0.353. The first kappa shape index (κ1) is 25.4. The van der Waals surface area contributed by atoms with Gasteiger partial charge in [0.05, 0.1) is 25.1 Å². The van der Waals surface area contributed by atoms with E-state index in [0.29, 0.717) is 22.8 Å². The van der Waals surface area contributed by atoms with Gasteiger partial charge in [-0.05, 0) is 50.7 Å². The number of anilines is 1. The molecule has 4 heterocycles. The summed E-state index contributed by atoms with van der Waals surface area (Å²) in [5.74, 6) is 1.07. The van der Waals surface area contributed by atoms with Crippen molar-refractivity contribution >= 4 is 12.0 Å². The second-order valence-corrected chi connectivity index (χ2v) is 9.97. The van der Waals surface area contributed by atoms with Crippen molar-refractivity contribution < 1.29 is 41.8 Å². The third-order valence-electron chi connectivity index (χ3n) is 7.36. The van der Waals surface area contributed by atoms with Gasteiger partial charge in [-0.1, -0.05) is 17.3 Å². The van der Waals surface area contributed by atoms with E-state index >= 15 is 0 Å². The third-order valence-corrected chi connectivity index (χ3v) is 7.36. The van der Waals surface area contributed by atoms with E-state index in [1.807, 2.05) is 0 Å². The zero-order valence-corrected chi connectivity index (χ0v) is 20.6. The molecule has 0 amide bonds. The number of aromatic nitrogens is 3. The molecule has 2 bridgehead atoms. The first-order valence-corrected chi connectivity index (χ1v) is 12.7. The number of halogens is 3. The van der Waals surface area contributed by atoms with Gasteiger partial charge in [0.1, 0.15) is 23.0 Å². The van der Waals surface area contributed by atoms with Crippen LogP contribution in [0.2, 0.25) is 0 Å². The van der Waals surface area contributed by atoms with E-state index in [2.05, 4.69) is 29.5 Å². The largest absolute Gasteiger partial charge is 0.573 e. The fraction of sp³-hybridized carbons (Fsp3) is 0.462. The molecule has 1 aromatic carbocycles. The number of benzene rings is 1. The van der Waals surface area contributed by atoms with Crippen LogP contribution in [0.3, 0.4) is 0 Å². The Bertz CT molecular complexity index is 1330. The van der Waals surface area contributed by atoms with Crippen LogP contribution in [-0.4, -0.2) is 50.9 Å². The van der Waals surface area contributed by atoms with E-state index in [1.165, 1.54) is 30.6 Å². The van der Waals surface area contributed by atoms with Gasteiger partial charge in [0.15, 0.2) is 0 Å². The van der Waals surface area contributed by atoms with Gasteiger partial charge in [-0.25, -0.2) is 14.8 Å². The predicted octanol–water partition coefficient (Wildman–Crippen LogP) is 5.68. The number of hydrogen-bond acceptors (Lipinski definition) is 9. The van der Waals surface area contributed by atoms with Crippen molar-refractivity contribution in [3.05, 3.63) is 48.0 Å². The molecule has 206 valence electrons. The molecule has 3 fully saturated rings. The van der Waals surface area contributed by atoms with Crippen LogP contribution in [0.1, 0.15) is 55.8 Å². The van der Waals surface area contributed by atoms with Crippen LogP contribution in [0.15, 0.2) is 41.2 Å². The molecule has 0 radical (unpaired) electrons. The molecule has 2 aromatic heterocycles. The molecule has 1 N–H and O–H groups in total. The molecule has 3 aromatic rings. The highest BCUT2D eigenvalue weighted by Gasteiger charge is 2.42. The Morgan fingerprint density at radius 1 is 1.08 bits per heavy atom. The summed E-state index contributed by atoms with van der Waals surface area (Å²) in [4.78, 5) is 21.3. The number of fused-ring (bicyclic) bond motifs is 2. The van der Waals surface area contributed by atoms with E-state index in [-0.39, 0.29) is 47.9 Å². The van der Waals surface area contributed by atoms with Gasteiger partial charge in [0.25, 0.3) is 0 Å². The number of rotatable bonds is 8. The Hall–Kier alpha value is -3.87. The van der Waals surface area contributed by atoms with Gasteiger partial charge in [-0.3, -0.25) is 0 Å². The molecule has 3 aliphatic rings. The standard InChI is InChI=1S/C26H25F3N4O6/c27-26(28,29)38-20-4-2-1-3-18(20)23-19(24(39-32-23)14-5-6-14)13-36-17-9-15-7-8-16(10-17)33(15)21-11-31-22(12-30-21)37-25(34)35/h1-4,11-12,14-17H,5-10,13H2,(H,34,35)/t15-,16+,17?. The summed E-state index contributed by atoms with van der Waals surface area (Å²) >= 11 is 0. The van der Waals surface area contributed by atoms with E-state index in [1.54, 1.807) is 6.07 Å². The average Bonchev–Trinajstić information content (AvgIpc) is 3.59. The maximum atomic E-state index is 13.0. The normalized spacial score (nSPS) is 22.6. The summed E-state index contributed by atoms with van der Waals surface area (Å²) < 4.78 is 59.9. The smallest absolute Gasteiger partial charge is 0.449 e. The second kappa shape index (κ2) is 10.0. The van der Waals surface area contributed by atoms with Crippen LogP contribution in [0, 0.1) is 0 Å². The van der Waals surface area contributed by atoms with Crippen molar-refractivity contribution in [3.63, 3.8) is 0 Å². The summed E-state index contributed by atoms with van der Waals surface area (Å²) in [6, 6.07) is 6.23. The molecule has 10 nitrogen and oxygen atoms in total. The highest BCUT2D eigenvalue weighted by molar-refractivity contribution is 5.70. The number of carbonyl (C=O) groups is 1. The number of nitrogens with zero attached hydrogens (tertiary/aromatic N) is 4. The summed E-state index contributed by atoms with van der Waals surface area (Å²) in [6.45, 7) is 0.163. The van der Waals surface area contributed by atoms with Crippen molar-refractivity contribution in [2.45, 2.75) is 75.6 Å². The SMILES string of the molecule is O=C(O)Oc1cnc(N2[C@@H]3CC[C@H]2CC(OCc2c(-c4ccccc4OC(F)(F)F)noc2C2CC2)C3)cn1. The molecular weight excluding hydrogens is 521 g/mol. The Kier molecular flexibility index (Phi) is 6.53. The van der Waals surface area contributed by atoms with Gasteiger partial charge in [-0.2, -0.15) is 0 Å². The lowest BCUT2D eigenvalue weighted by Gasteiger charge is -2.39. The summed E-state index contributed by atoms with van der Waals surface area (Å²) in [7, 11) is 0. The maximum absolute atomic E-state index is 13.0. The van der Waals surface area contributed by atoms with Crippen LogP contribution in [0.25, 0.3) is 11.3 Å². The minimum atomic E-state index is -4.84. The number of hydrogen-bond donors (Lipinski definition) is 1. The van der Waals surface area contributed by atoms with Crippen molar-refractivity contribution in [1.29, 1.82) is 0 Å². The monoisotopic (exact) mass is 546 g/mol. The zero-order chi connectivity index (χ0) is 27.1. The van der Waals surface area contributed by atoms with Crippen molar-refractivity contribution in [3.8, 4) is 22.9 Å². The third kappa shape index (κ3) is 5.49. The van der Waals surface area contributed by atoms with Crippen molar-refractivity contribution in [1.82, 2.24) is 15.1 Å². The van der Waals surface area contributed by atoms with Gasteiger partial charge in [0, 0.05) is 29.1 Å². The fourth-order valence-electron chi connectivity index (χ4n) is 5.64. The van der Waals surface area contributed by atoms with Gasteiger partial charge < -0.3 is 28.7 Å². The van der Waals surface area contributed by atoms with Gasteiger partial charge >= 0.3 is 12.5 Å². The molecule has 1 unspecified atom stereocenters. The number of alkyl halides is 3. The van der Waals surface area contributed by atoms with Crippen LogP contribution in [-0.2, 0) is 11.3 Å². The second-order valence-electron chi connectivity index (χ2n) is 9.97. The lowest BCUT2D eigenvalue weighted by molar-refractivity contribution is -0.274. The molecule has 0 spiro atoms. The molecule has 1 aliphatic carbocycles. The molecule has 2 aliphatic heterocycles. The molecule has 2 saturated heterocycles. The Morgan fingerprint density at radius 2 is 1.82 bits per heavy atom. The molecule has 13 heteroatoms. The Morgan fingerprint density at radius 3 is 2.46 bits per heavy atom. The van der Waals surface area contributed by atoms with Crippen LogP contribution in [0.4, 0.5) is 23.8 Å². The summed E-state index contributed by atoms with van der Waals surface area (Å²) in [5, 5.41) is 12.9. The van der Waals surface area contributed by atoms with Crippen molar-refractivity contribution in [2.24, 2.45) is 0 Å². The van der Waals surface area contributed by atoms with Crippen molar-refractivity contribution in [2.75, 3.05) is 4.90 Å². The average molecular weight is 547 g/mol. The van der Waals surface area contributed by atoms with E-state index < -0.39 is 12.5 Å². The van der Waals surface area contributed by atoms with Crippen LogP contribution < -0.4 is 14.4 Å². The predicted molar refractivity (Wildman–Crippen MR) is 128 cm³/mol. The molecular formula is C26H25F3N4O6. The van der Waals surface area contributed by atoms with Crippen LogP contribution in [0.5, 0.6) is 11.6 Å². The highest BCUT2D eigenvalue weighted by Crippen LogP contribution is 2.46. The highest BCUT2D eigenvalue weighted by atomic mass is 19.4. The topological polar surface area (TPSA) is 120 Å². The van der Waals surface area contributed by atoms with E-state index in [4.69, 9.17) is 14.4 Å². The Labute approximate surface area is 220 Å². The van der Waals surface area contributed by atoms with Gasteiger partial charge in [0.2, 0.25) is 5.88 Å². The minimum absolute atomic E-state index is 0.0715. The number of para-hydroxylation sites is 1. The molecule has 39 heavy (non-hydrogen) atoms. The fourth-order valence-corrected chi connectivity index (χ4v) is 5.64. The zero-order valence-electron chi connectivity index (χ0n) is 20.6. The van der Waals surface area contributed by atoms with E-state index in [0.717, 1.165) is 38.5 Å². The first-order valence-electron chi connectivity index (χ1n) is 12.7. The molecule has 1 saturated carbocycles. The van der Waals surface area contributed by atoms with Gasteiger partial charge in [-0.15, -0.1) is 13.2 Å². The molecule has 3 atom stereocenters. The Balaban J connectivity index is 1.17. The molecule has 6 rings (SSSR count).